The van der Waals surface area contributed by atoms with Crippen molar-refractivity contribution >= 4 is 5.84 Å². The lowest BCUT2D eigenvalue weighted by Gasteiger charge is -2.25. The van der Waals surface area contributed by atoms with E-state index in [1.165, 1.54) is 5.56 Å². The molecule has 0 bridgehead atoms. The van der Waals surface area contributed by atoms with Crippen LogP contribution in [0.15, 0.2) is 30.3 Å². The molecular weight excluding hydrogens is 186 g/mol. The molecule has 3 heteroatoms. The molecule has 0 aromatic heterocycles. The molecule has 3 nitrogen and oxygen atoms in total. The smallest absolute Gasteiger partial charge is 0.114 e. The fourth-order valence-electron chi connectivity index (χ4n) is 2.19. The lowest BCUT2D eigenvalue weighted by atomic mass is 10.0. The van der Waals surface area contributed by atoms with Crippen molar-refractivity contribution in [2.24, 2.45) is 5.92 Å². The highest BCUT2D eigenvalue weighted by molar-refractivity contribution is 5.83. The van der Waals surface area contributed by atoms with Gasteiger partial charge in [-0.1, -0.05) is 37.3 Å². The predicted molar refractivity (Wildman–Crippen MR) is 61.6 cm³/mol. The van der Waals surface area contributed by atoms with Gasteiger partial charge in [-0.3, -0.25) is 10.4 Å². The van der Waals surface area contributed by atoms with Crippen LogP contribution in [-0.4, -0.2) is 17.9 Å². The van der Waals surface area contributed by atoms with E-state index in [1.807, 2.05) is 18.1 Å². The maximum atomic E-state index is 7.96. The zero-order chi connectivity index (χ0) is 10.8. The summed E-state index contributed by atoms with van der Waals surface area (Å²) in [6.45, 7) is 2.11. The van der Waals surface area contributed by atoms with E-state index in [-0.39, 0.29) is 0 Å². The Hall–Kier alpha value is -1.35. The van der Waals surface area contributed by atoms with Crippen molar-refractivity contribution in [1.29, 1.82) is 5.41 Å². The van der Waals surface area contributed by atoms with Gasteiger partial charge in [0.05, 0.1) is 6.04 Å². The van der Waals surface area contributed by atoms with E-state index in [2.05, 4.69) is 36.6 Å². The Kier molecular flexibility index (Phi) is 2.73. The number of benzene rings is 1. The van der Waals surface area contributed by atoms with Crippen molar-refractivity contribution in [3.05, 3.63) is 35.9 Å². The first-order valence-electron chi connectivity index (χ1n) is 5.34. The van der Waals surface area contributed by atoms with E-state index in [9.17, 15) is 0 Å². The molecule has 0 radical (unpaired) electrons. The lowest BCUT2D eigenvalue weighted by Crippen LogP contribution is -2.38. The molecule has 1 aliphatic rings. The third-order valence-corrected chi connectivity index (χ3v) is 3.04. The summed E-state index contributed by atoms with van der Waals surface area (Å²) in [4.78, 5) is 0. The summed E-state index contributed by atoms with van der Waals surface area (Å²) in [5, 5.41) is 9.91. The van der Waals surface area contributed by atoms with Gasteiger partial charge in [-0.2, -0.15) is 0 Å². The molecule has 1 heterocycles. The minimum Gasteiger partial charge on any atom is -0.289 e. The first-order chi connectivity index (χ1) is 7.24. The highest BCUT2D eigenvalue weighted by atomic mass is 15.5. The second kappa shape index (κ2) is 4.03. The Morgan fingerprint density at radius 1 is 1.33 bits per heavy atom. The number of nitrogens with one attached hydrogen (secondary N) is 2. The van der Waals surface area contributed by atoms with Gasteiger partial charge in [-0.15, -0.1) is 0 Å². The van der Waals surface area contributed by atoms with Gasteiger partial charge in [0, 0.05) is 13.0 Å². The van der Waals surface area contributed by atoms with Crippen LogP contribution in [-0.2, 0) is 0 Å². The van der Waals surface area contributed by atoms with E-state index in [4.69, 9.17) is 5.41 Å². The molecule has 1 aromatic rings. The predicted octanol–water partition coefficient (Wildman–Crippen LogP) is 2.18. The molecular formula is C12H17N3. The second-order valence-electron chi connectivity index (χ2n) is 4.04. The molecule has 1 fully saturated rings. The van der Waals surface area contributed by atoms with Crippen LogP contribution in [0.2, 0.25) is 0 Å². The number of hydrazine groups is 1. The standard InChI is InChI=1S/C12H17N3/c1-9-8-11(15(14-2)12(9)13)10-6-4-3-5-7-10/h3-7,9,11,13-14H,8H2,1-2H3. The molecule has 2 rings (SSSR count). The number of rotatable bonds is 2. The molecule has 2 N–H and O–H groups in total. The molecule has 2 atom stereocenters. The largest absolute Gasteiger partial charge is 0.289 e. The van der Waals surface area contributed by atoms with Crippen molar-refractivity contribution in [3.8, 4) is 0 Å². The van der Waals surface area contributed by atoms with Gasteiger partial charge in [0.25, 0.3) is 0 Å². The highest BCUT2D eigenvalue weighted by Gasteiger charge is 2.34. The van der Waals surface area contributed by atoms with Crippen LogP contribution in [0.4, 0.5) is 0 Å². The SMILES string of the molecule is CNN1C(=N)C(C)CC1c1ccccc1. The quantitative estimate of drug-likeness (QED) is 0.773. The van der Waals surface area contributed by atoms with Crippen LogP contribution >= 0.6 is 0 Å². The first-order valence-corrected chi connectivity index (χ1v) is 5.34. The van der Waals surface area contributed by atoms with Crippen molar-refractivity contribution in [3.63, 3.8) is 0 Å². The van der Waals surface area contributed by atoms with Gasteiger partial charge in [-0.05, 0) is 12.0 Å². The molecule has 0 saturated carbocycles. The number of nitrogens with zero attached hydrogens (tertiary/aromatic N) is 1. The van der Waals surface area contributed by atoms with E-state index in [0.717, 1.165) is 6.42 Å². The minimum absolute atomic E-state index is 0.304. The van der Waals surface area contributed by atoms with Crippen LogP contribution in [0, 0.1) is 11.3 Å². The van der Waals surface area contributed by atoms with Gasteiger partial charge in [0.2, 0.25) is 0 Å². The average Bonchev–Trinajstić information content (AvgIpc) is 2.56. The van der Waals surface area contributed by atoms with Crippen molar-refractivity contribution < 1.29 is 0 Å². The summed E-state index contributed by atoms with van der Waals surface area (Å²) in [6, 6.07) is 10.7. The van der Waals surface area contributed by atoms with Gasteiger partial charge in [0.1, 0.15) is 5.84 Å². The van der Waals surface area contributed by atoms with Gasteiger partial charge in [0.15, 0.2) is 0 Å². The van der Waals surface area contributed by atoms with Crippen LogP contribution in [0.3, 0.4) is 0 Å². The Bertz CT molecular complexity index is 347. The Balaban J connectivity index is 2.27. The first kappa shape index (κ1) is 10.2. The number of amidine groups is 1. The third-order valence-electron chi connectivity index (χ3n) is 3.04. The number of hydrogen-bond acceptors (Lipinski definition) is 2. The summed E-state index contributed by atoms with van der Waals surface area (Å²) in [7, 11) is 1.88. The molecule has 1 saturated heterocycles. The summed E-state index contributed by atoms with van der Waals surface area (Å²) in [5.41, 5.74) is 4.38. The molecule has 0 spiro atoms. The van der Waals surface area contributed by atoms with Crippen LogP contribution in [0.25, 0.3) is 0 Å². The normalized spacial score (nSPS) is 26.0. The average molecular weight is 203 g/mol. The monoisotopic (exact) mass is 203 g/mol. The highest BCUT2D eigenvalue weighted by Crippen LogP contribution is 2.34. The Labute approximate surface area is 90.6 Å². The molecule has 2 unspecified atom stereocenters. The minimum atomic E-state index is 0.304. The Morgan fingerprint density at radius 3 is 2.60 bits per heavy atom. The second-order valence-corrected chi connectivity index (χ2v) is 4.04. The summed E-state index contributed by atoms with van der Waals surface area (Å²) in [5.74, 6) is 1.02. The molecule has 15 heavy (non-hydrogen) atoms. The fraction of sp³-hybridized carbons (Fsp3) is 0.417. The van der Waals surface area contributed by atoms with E-state index >= 15 is 0 Å². The van der Waals surface area contributed by atoms with Crippen LogP contribution < -0.4 is 5.43 Å². The summed E-state index contributed by atoms with van der Waals surface area (Å²) in [6.07, 6.45) is 1.02. The molecule has 1 aromatic carbocycles. The van der Waals surface area contributed by atoms with E-state index in [0.29, 0.717) is 17.8 Å². The van der Waals surface area contributed by atoms with E-state index < -0.39 is 0 Å². The third kappa shape index (κ3) is 1.75. The zero-order valence-corrected chi connectivity index (χ0v) is 9.20. The van der Waals surface area contributed by atoms with Crippen LogP contribution in [0.1, 0.15) is 24.9 Å². The van der Waals surface area contributed by atoms with Crippen LogP contribution in [0.5, 0.6) is 0 Å². The molecule has 0 amide bonds. The maximum absolute atomic E-state index is 7.96. The zero-order valence-electron chi connectivity index (χ0n) is 9.20. The van der Waals surface area contributed by atoms with Gasteiger partial charge >= 0.3 is 0 Å². The maximum Gasteiger partial charge on any atom is 0.114 e. The van der Waals surface area contributed by atoms with Crippen molar-refractivity contribution in [2.75, 3.05) is 7.05 Å². The summed E-state index contributed by atoms with van der Waals surface area (Å²) < 4.78 is 0. The molecule has 1 aliphatic heterocycles. The molecule has 0 aliphatic carbocycles. The van der Waals surface area contributed by atoms with Crippen molar-refractivity contribution in [1.82, 2.24) is 10.4 Å². The topological polar surface area (TPSA) is 39.1 Å². The van der Waals surface area contributed by atoms with Crippen molar-refractivity contribution in [2.45, 2.75) is 19.4 Å². The fourth-order valence-corrected chi connectivity index (χ4v) is 2.19. The summed E-state index contributed by atoms with van der Waals surface area (Å²) >= 11 is 0. The van der Waals surface area contributed by atoms with Gasteiger partial charge in [-0.25, -0.2) is 5.43 Å². The Morgan fingerprint density at radius 2 is 2.00 bits per heavy atom. The molecule has 80 valence electrons. The lowest BCUT2D eigenvalue weighted by molar-refractivity contribution is 0.273. The number of hydrogen-bond donors (Lipinski definition) is 2. The van der Waals surface area contributed by atoms with E-state index in [1.54, 1.807) is 0 Å². The van der Waals surface area contributed by atoms with Gasteiger partial charge < -0.3 is 0 Å².